The number of aryl methyl sites for hydroxylation is 2. The highest BCUT2D eigenvalue weighted by molar-refractivity contribution is 5.95. The van der Waals surface area contributed by atoms with Crippen LogP contribution in [0.4, 0.5) is 5.69 Å². The molecule has 27 heavy (non-hydrogen) atoms. The van der Waals surface area contributed by atoms with Crippen molar-refractivity contribution >= 4 is 17.5 Å². The third kappa shape index (κ3) is 4.61. The molecule has 3 aromatic rings. The highest BCUT2D eigenvalue weighted by Gasteiger charge is 2.09. The van der Waals surface area contributed by atoms with Gasteiger partial charge in [0.1, 0.15) is 0 Å². The van der Waals surface area contributed by atoms with Crippen molar-refractivity contribution in [2.24, 2.45) is 0 Å². The molecular weight excluding hydrogens is 340 g/mol. The molecular formula is C21H22N4O2. The van der Waals surface area contributed by atoms with Gasteiger partial charge in [0.05, 0.1) is 11.9 Å². The minimum Gasteiger partial charge on any atom is -0.352 e. The summed E-state index contributed by atoms with van der Waals surface area (Å²) in [6, 6.07) is 15.1. The zero-order chi connectivity index (χ0) is 19.2. The molecule has 0 saturated carbocycles. The molecule has 6 nitrogen and oxygen atoms in total. The lowest BCUT2D eigenvalue weighted by atomic mass is 10.2. The number of nitrogens with zero attached hydrogens (tertiary/aromatic N) is 2. The molecule has 0 aliphatic heterocycles. The fourth-order valence-corrected chi connectivity index (χ4v) is 2.89. The van der Waals surface area contributed by atoms with E-state index in [1.807, 2.05) is 26.0 Å². The van der Waals surface area contributed by atoms with Crippen LogP contribution in [0.15, 0.2) is 60.9 Å². The number of aromatic nitrogens is 2. The van der Waals surface area contributed by atoms with Gasteiger partial charge < -0.3 is 15.2 Å². The summed E-state index contributed by atoms with van der Waals surface area (Å²) in [5, 5.41) is 5.50. The van der Waals surface area contributed by atoms with Gasteiger partial charge in [-0.1, -0.05) is 0 Å². The second-order valence-corrected chi connectivity index (χ2v) is 6.29. The number of pyridine rings is 1. The summed E-state index contributed by atoms with van der Waals surface area (Å²) in [5.74, 6) is -0.367. The topological polar surface area (TPSA) is 76.0 Å². The number of nitrogens with one attached hydrogen (secondary N) is 2. The largest absolute Gasteiger partial charge is 0.352 e. The normalized spacial score (nSPS) is 10.4. The maximum absolute atomic E-state index is 12.3. The molecule has 0 bridgehead atoms. The van der Waals surface area contributed by atoms with Gasteiger partial charge in [-0.2, -0.15) is 0 Å². The Labute approximate surface area is 158 Å². The van der Waals surface area contributed by atoms with E-state index in [0.717, 1.165) is 17.1 Å². The van der Waals surface area contributed by atoms with E-state index in [2.05, 4.69) is 32.3 Å². The molecule has 2 amide bonds. The fourth-order valence-electron chi connectivity index (χ4n) is 2.89. The number of benzene rings is 1. The predicted octanol–water partition coefficient (Wildman–Crippen LogP) is 3.25. The molecule has 0 fully saturated rings. The molecule has 0 saturated heterocycles. The van der Waals surface area contributed by atoms with Crippen LogP contribution >= 0.6 is 0 Å². The van der Waals surface area contributed by atoms with Gasteiger partial charge in [0.25, 0.3) is 5.91 Å². The van der Waals surface area contributed by atoms with Crippen LogP contribution in [-0.4, -0.2) is 27.9 Å². The summed E-state index contributed by atoms with van der Waals surface area (Å²) in [6.07, 6.45) is 3.41. The molecule has 0 aliphatic carbocycles. The molecule has 2 N–H and O–H groups in total. The van der Waals surface area contributed by atoms with Gasteiger partial charge >= 0.3 is 0 Å². The summed E-state index contributed by atoms with van der Waals surface area (Å²) in [7, 11) is 0. The molecule has 138 valence electrons. The Kier molecular flexibility index (Phi) is 5.66. The summed E-state index contributed by atoms with van der Waals surface area (Å²) in [6.45, 7) is 4.36. The number of hydrogen-bond donors (Lipinski definition) is 2. The van der Waals surface area contributed by atoms with Crippen LogP contribution in [0.25, 0.3) is 5.69 Å². The van der Waals surface area contributed by atoms with Crippen molar-refractivity contribution in [2.75, 3.05) is 11.9 Å². The fraction of sp³-hybridized carbons (Fsp3) is 0.190. The first-order chi connectivity index (χ1) is 13.0. The van der Waals surface area contributed by atoms with Crippen molar-refractivity contribution in [2.45, 2.75) is 20.3 Å². The molecule has 2 heterocycles. The molecule has 1 aromatic carbocycles. The Balaban J connectivity index is 1.52. The van der Waals surface area contributed by atoms with E-state index >= 15 is 0 Å². The molecule has 0 unspecified atom stereocenters. The van der Waals surface area contributed by atoms with Crippen LogP contribution in [0.5, 0.6) is 0 Å². The Morgan fingerprint density at radius 3 is 2.33 bits per heavy atom. The first-order valence-corrected chi connectivity index (χ1v) is 8.78. The first kappa shape index (κ1) is 18.4. The lowest BCUT2D eigenvalue weighted by molar-refractivity contribution is -0.116. The van der Waals surface area contributed by atoms with Gasteiger partial charge in [-0.3, -0.25) is 14.6 Å². The van der Waals surface area contributed by atoms with E-state index < -0.39 is 0 Å². The second-order valence-electron chi connectivity index (χ2n) is 6.29. The standard InChI is InChI=1S/C21H22N4O2/c1-15-5-6-16(2)25(15)19-9-7-17(8-10-19)21(27)23-13-11-20(26)24-18-4-3-12-22-14-18/h3-10,12,14H,11,13H2,1-2H3,(H,23,27)(H,24,26). The van der Waals surface area contributed by atoms with Crippen LogP contribution in [-0.2, 0) is 4.79 Å². The molecule has 3 rings (SSSR count). The summed E-state index contributed by atoms with van der Waals surface area (Å²) < 4.78 is 2.13. The Hall–Kier alpha value is -3.41. The van der Waals surface area contributed by atoms with Crippen molar-refractivity contribution < 1.29 is 9.59 Å². The number of amides is 2. The Bertz CT molecular complexity index is 911. The lowest BCUT2D eigenvalue weighted by Crippen LogP contribution is -2.27. The first-order valence-electron chi connectivity index (χ1n) is 8.78. The van der Waals surface area contributed by atoms with E-state index in [4.69, 9.17) is 0 Å². The predicted molar refractivity (Wildman–Crippen MR) is 105 cm³/mol. The lowest BCUT2D eigenvalue weighted by Gasteiger charge is -2.10. The molecule has 0 aliphatic rings. The van der Waals surface area contributed by atoms with Crippen LogP contribution in [0.1, 0.15) is 28.2 Å². The Morgan fingerprint density at radius 2 is 1.70 bits per heavy atom. The van der Waals surface area contributed by atoms with E-state index in [-0.39, 0.29) is 24.8 Å². The van der Waals surface area contributed by atoms with E-state index in [0.29, 0.717) is 11.3 Å². The molecule has 0 spiro atoms. The van der Waals surface area contributed by atoms with Gasteiger partial charge in [0, 0.05) is 41.8 Å². The molecule has 2 aromatic heterocycles. The van der Waals surface area contributed by atoms with Gasteiger partial charge in [0.15, 0.2) is 0 Å². The number of anilines is 1. The van der Waals surface area contributed by atoms with Crippen LogP contribution in [0.2, 0.25) is 0 Å². The summed E-state index contributed by atoms with van der Waals surface area (Å²) in [4.78, 5) is 28.1. The highest BCUT2D eigenvalue weighted by Crippen LogP contribution is 2.16. The maximum atomic E-state index is 12.3. The number of rotatable bonds is 6. The van der Waals surface area contributed by atoms with Gasteiger partial charge in [-0.05, 0) is 62.4 Å². The van der Waals surface area contributed by atoms with Crippen LogP contribution < -0.4 is 10.6 Å². The van der Waals surface area contributed by atoms with Crippen LogP contribution in [0.3, 0.4) is 0 Å². The smallest absolute Gasteiger partial charge is 0.251 e. The molecule has 0 radical (unpaired) electrons. The van der Waals surface area contributed by atoms with Crippen molar-refractivity contribution in [3.63, 3.8) is 0 Å². The van der Waals surface area contributed by atoms with Crippen molar-refractivity contribution in [1.29, 1.82) is 0 Å². The maximum Gasteiger partial charge on any atom is 0.251 e. The van der Waals surface area contributed by atoms with E-state index in [1.165, 1.54) is 0 Å². The van der Waals surface area contributed by atoms with E-state index in [1.54, 1.807) is 36.7 Å². The van der Waals surface area contributed by atoms with Gasteiger partial charge in [-0.25, -0.2) is 0 Å². The zero-order valence-electron chi connectivity index (χ0n) is 15.4. The average molecular weight is 362 g/mol. The summed E-state index contributed by atoms with van der Waals surface area (Å²) in [5.41, 5.74) is 4.50. The number of hydrogen-bond acceptors (Lipinski definition) is 3. The number of carbonyl (C=O) groups excluding carboxylic acids is 2. The molecule has 6 heteroatoms. The minimum absolute atomic E-state index is 0.169. The quantitative estimate of drug-likeness (QED) is 0.707. The monoisotopic (exact) mass is 362 g/mol. The van der Waals surface area contributed by atoms with Crippen molar-refractivity contribution in [1.82, 2.24) is 14.9 Å². The zero-order valence-corrected chi connectivity index (χ0v) is 15.4. The Morgan fingerprint density at radius 1 is 1.00 bits per heavy atom. The third-order valence-corrected chi connectivity index (χ3v) is 4.24. The minimum atomic E-state index is -0.198. The van der Waals surface area contributed by atoms with Crippen LogP contribution in [0, 0.1) is 13.8 Å². The van der Waals surface area contributed by atoms with Crippen molar-refractivity contribution in [3.05, 3.63) is 77.9 Å². The second kappa shape index (κ2) is 8.31. The average Bonchev–Trinajstić information content (AvgIpc) is 3.01. The van der Waals surface area contributed by atoms with Gasteiger partial charge in [-0.15, -0.1) is 0 Å². The van der Waals surface area contributed by atoms with E-state index in [9.17, 15) is 9.59 Å². The van der Waals surface area contributed by atoms with Gasteiger partial charge in [0.2, 0.25) is 5.91 Å². The number of carbonyl (C=O) groups is 2. The SMILES string of the molecule is Cc1ccc(C)n1-c1ccc(C(=O)NCCC(=O)Nc2cccnc2)cc1. The van der Waals surface area contributed by atoms with Crippen molar-refractivity contribution in [3.8, 4) is 5.69 Å². The molecule has 0 atom stereocenters. The summed E-state index contributed by atoms with van der Waals surface area (Å²) >= 11 is 0. The highest BCUT2D eigenvalue weighted by atomic mass is 16.2. The third-order valence-electron chi connectivity index (χ3n) is 4.24.